The van der Waals surface area contributed by atoms with Gasteiger partial charge in [-0.05, 0) is 38.5 Å². The van der Waals surface area contributed by atoms with E-state index in [2.05, 4.69) is 6.92 Å². The number of hydrogen-bond donors (Lipinski definition) is 0. The van der Waals surface area contributed by atoms with Crippen LogP contribution in [0.5, 0.6) is 5.75 Å². The van der Waals surface area contributed by atoms with Crippen LogP contribution in [0.15, 0.2) is 16.5 Å². The Balaban J connectivity index is 2.84. The summed E-state index contributed by atoms with van der Waals surface area (Å²) in [5.74, 6) is 1.90. The van der Waals surface area contributed by atoms with E-state index in [0.717, 1.165) is 33.6 Å². The normalized spacial score (nSPS) is 10.9. The molecule has 0 unspecified atom stereocenters. The molecule has 0 aliphatic rings. The maximum Gasteiger partial charge on any atom is 0.135 e. The fraction of sp³-hybridized carbons (Fsp3) is 0.333. The zero-order valence-corrected chi connectivity index (χ0v) is 8.97. The molecule has 14 heavy (non-hydrogen) atoms. The van der Waals surface area contributed by atoms with E-state index in [1.54, 1.807) is 7.11 Å². The Labute approximate surface area is 83.5 Å². The molecule has 0 atom stereocenters. The van der Waals surface area contributed by atoms with Crippen molar-refractivity contribution in [3.05, 3.63) is 29.0 Å². The van der Waals surface area contributed by atoms with Gasteiger partial charge < -0.3 is 9.15 Å². The van der Waals surface area contributed by atoms with Crippen molar-refractivity contribution in [3.63, 3.8) is 0 Å². The minimum atomic E-state index is 0.941. The van der Waals surface area contributed by atoms with Crippen molar-refractivity contribution in [2.24, 2.45) is 0 Å². The van der Waals surface area contributed by atoms with E-state index < -0.39 is 0 Å². The molecule has 0 N–H and O–H groups in total. The quantitative estimate of drug-likeness (QED) is 0.688. The molecule has 0 saturated carbocycles. The SMILES string of the molecule is COc1c(C)cc2oc(C)cc2c1C. The molecule has 2 rings (SSSR count). The van der Waals surface area contributed by atoms with Crippen LogP contribution in [0.1, 0.15) is 16.9 Å². The number of furan rings is 1. The summed E-state index contributed by atoms with van der Waals surface area (Å²) < 4.78 is 10.9. The van der Waals surface area contributed by atoms with Crippen LogP contribution in [0.3, 0.4) is 0 Å². The largest absolute Gasteiger partial charge is 0.496 e. The van der Waals surface area contributed by atoms with E-state index in [1.807, 2.05) is 26.0 Å². The minimum absolute atomic E-state index is 0.941. The lowest BCUT2D eigenvalue weighted by molar-refractivity contribution is 0.409. The van der Waals surface area contributed by atoms with Gasteiger partial charge in [0.15, 0.2) is 0 Å². The highest BCUT2D eigenvalue weighted by molar-refractivity contribution is 5.85. The van der Waals surface area contributed by atoms with Gasteiger partial charge in [0.05, 0.1) is 7.11 Å². The zero-order valence-electron chi connectivity index (χ0n) is 8.97. The third-order valence-electron chi connectivity index (χ3n) is 2.54. The van der Waals surface area contributed by atoms with Gasteiger partial charge in [0.25, 0.3) is 0 Å². The predicted molar refractivity (Wildman–Crippen MR) is 57.0 cm³/mol. The molecule has 0 saturated heterocycles. The fourth-order valence-electron chi connectivity index (χ4n) is 1.93. The first kappa shape index (κ1) is 9.13. The maximum atomic E-state index is 5.57. The topological polar surface area (TPSA) is 22.4 Å². The smallest absolute Gasteiger partial charge is 0.135 e. The summed E-state index contributed by atoms with van der Waals surface area (Å²) in [6, 6.07) is 4.07. The number of methoxy groups -OCH3 is 1. The molecule has 2 nitrogen and oxygen atoms in total. The second-order valence-electron chi connectivity index (χ2n) is 3.62. The summed E-state index contributed by atoms with van der Waals surface area (Å²) in [5.41, 5.74) is 3.21. The molecule has 2 heteroatoms. The third kappa shape index (κ3) is 1.18. The minimum Gasteiger partial charge on any atom is -0.496 e. The summed E-state index contributed by atoms with van der Waals surface area (Å²) in [4.78, 5) is 0. The summed E-state index contributed by atoms with van der Waals surface area (Å²) in [6.07, 6.45) is 0. The molecule has 0 bridgehead atoms. The molecular formula is C12H14O2. The standard InChI is InChI=1S/C12H14O2/c1-7-5-11-10(6-8(2)14-11)9(3)12(7)13-4/h5-6H,1-4H3. The highest BCUT2D eigenvalue weighted by atomic mass is 16.5. The van der Waals surface area contributed by atoms with E-state index >= 15 is 0 Å². The number of benzene rings is 1. The lowest BCUT2D eigenvalue weighted by Gasteiger charge is -2.08. The molecule has 0 amide bonds. The van der Waals surface area contributed by atoms with Crippen LogP contribution in [0.25, 0.3) is 11.0 Å². The Morgan fingerprint density at radius 1 is 1.14 bits per heavy atom. The Morgan fingerprint density at radius 3 is 2.50 bits per heavy atom. The fourth-order valence-corrected chi connectivity index (χ4v) is 1.93. The van der Waals surface area contributed by atoms with Crippen LogP contribution in [0, 0.1) is 20.8 Å². The Kier molecular flexibility index (Phi) is 1.99. The van der Waals surface area contributed by atoms with Crippen LogP contribution in [-0.4, -0.2) is 7.11 Å². The second kappa shape index (κ2) is 3.05. The average molecular weight is 190 g/mol. The highest BCUT2D eigenvalue weighted by Gasteiger charge is 2.10. The van der Waals surface area contributed by atoms with Gasteiger partial charge in [0.2, 0.25) is 0 Å². The molecular weight excluding hydrogens is 176 g/mol. The van der Waals surface area contributed by atoms with Gasteiger partial charge in [-0.2, -0.15) is 0 Å². The van der Waals surface area contributed by atoms with Crippen LogP contribution < -0.4 is 4.74 Å². The number of hydrogen-bond acceptors (Lipinski definition) is 2. The summed E-state index contributed by atoms with van der Waals surface area (Å²) in [5, 5.41) is 1.14. The number of fused-ring (bicyclic) bond motifs is 1. The molecule has 2 aromatic rings. The average Bonchev–Trinajstić information content (AvgIpc) is 2.47. The van der Waals surface area contributed by atoms with E-state index in [1.165, 1.54) is 0 Å². The van der Waals surface area contributed by atoms with Crippen molar-refractivity contribution in [2.75, 3.05) is 7.11 Å². The third-order valence-corrected chi connectivity index (χ3v) is 2.54. The first-order valence-electron chi connectivity index (χ1n) is 4.68. The molecule has 1 aromatic carbocycles. The van der Waals surface area contributed by atoms with Crippen LogP contribution in [0.2, 0.25) is 0 Å². The molecule has 0 radical (unpaired) electrons. The summed E-state index contributed by atoms with van der Waals surface area (Å²) in [7, 11) is 1.70. The van der Waals surface area contributed by atoms with Crippen molar-refractivity contribution >= 4 is 11.0 Å². The first-order chi connectivity index (χ1) is 6.63. The van der Waals surface area contributed by atoms with Crippen molar-refractivity contribution in [2.45, 2.75) is 20.8 Å². The molecule has 0 spiro atoms. The van der Waals surface area contributed by atoms with Gasteiger partial charge in [-0.25, -0.2) is 0 Å². The van der Waals surface area contributed by atoms with E-state index in [9.17, 15) is 0 Å². The van der Waals surface area contributed by atoms with Crippen molar-refractivity contribution < 1.29 is 9.15 Å². The van der Waals surface area contributed by atoms with Gasteiger partial charge in [-0.3, -0.25) is 0 Å². The van der Waals surface area contributed by atoms with E-state index in [0.29, 0.717) is 0 Å². The molecule has 74 valence electrons. The molecule has 0 fully saturated rings. The van der Waals surface area contributed by atoms with Gasteiger partial charge in [-0.15, -0.1) is 0 Å². The molecule has 1 heterocycles. The molecule has 0 aliphatic heterocycles. The Bertz CT molecular complexity index is 481. The van der Waals surface area contributed by atoms with Crippen molar-refractivity contribution in [1.29, 1.82) is 0 Å². The Hall–Kier alpha value is -1.44. The predicted octanol–water partition coefficient (Wildman–Crippen LogP) is 3.37. The van der Waals surface area contributed by atoms with Crippen LogP contribution in [0.4, 0.5) is 0 Å². The summed E-state index contributed by atoms with van der Waals surface area (Å²) in [6.45, 7) is 6.05. The second-order valence-corrected chi connectivity index (χ2v) is 3.62. The monoisotopic (exact) mass is 190 g/mol. The van der Waals surface area contributed by atoms with E-state index in [-0.39, 0.29) is 0 Å². The number of ether oxygens (including phenoxy) is 1. The van der Waals surface area contributed by atoms with Crippen LogP contribution in [-0.2, 0) is 0 Å². The van der Waals surface area contributed by atoms with Gasteiger partial charge in [-0.1, -0.05) is 0 Å². The molecule has 1 aromatic heterocycles. The zero-order chi connectivity index (χ0) is 10.3. The lowest BCUT2D eigenvalue weighted by Crippen LogP contribution is -1.90. The number of rotatable bonds is 1. The highest BCUT2D eigenvalue weighted by Crippen LogP contribution is 2.32. The lowest BCUT2D eigenvalue weighted by atomic mass is 10.1. The summed E-state index contributed by atoms with van der Waals surface area (Å²) >= 11 is 0. The van der Waals surface area contributed by atoms with E-state index in [4.69, 9.17) is 9.15 Å². The van der Waals surface area contributed by atoms with Gasteiger partial charge in [0, 0.05) is 10.9 Å². The van der Waals surface area contributed by atoms with Crippen LogP contribution >= 0.6 is 0 Å². The number of aryl methyl sites for hydroxylation is 3. The van der Waals surface area contributed by atoms with Crippen molar-refractivity contribution in [1.82, 2.24) is 0 Å². The maximum absolute atomic E-state index is 5.57. The van der Waals surface area contributed by atoms with Gasteiger partial charge in [0.1, 0.15) is 17.1 Å². The Morgan fingerprint density at radius 2 is 1.86 bits per heavy atom. The van der Waals surface area contributed by atoms with Crippen molar-refractivity contribution in [3.8, 4) is 5.75 Å². The molecule has 0 aliphatic carbocycles. The van der Waals surface area contributed by atoms with Gasteiger partial charge >= 0.3 is 0 Å². The first-order valence-corrected chi connectivity index (χ1v) is 4.68.